The number of carbonyl (C=O) groups is 2. The summed E-state index contributed by atoms with van der Waals surface area (Å²) in [6.45, 7) is 2.45. The molecule has 184 valence electrons. The summed E-state index contributed by atoms with van der Waals surface area (Å²) in [6.07, 6.45) is 0.414. The summed E-state index contributed by atoms with van der Waals surface area (Å²) >= 11 is 0. The van der Waals surface area contributed by atoms with Crippen LogP contribution in [-0.4, -0.2) is 43.5 Å². The van der Waals surface area contributed by atoms with Crippen molar-refractivity contribution in [2.24, 2.45) is 0 Å². The molecule has 0 fully saturated rings. The zero-order chi connectivity index (χ0) is 25.2. The summed E-state index contributed by atoms with van der Waals surface area (Å²) in [5, 5.41) is 2.86. The molecule has 1 atom stereocenters. The Morgan fingerprint density at radius 2 is 1.54 bits per heavy atom. The molecule has 0 spiro atoms. The molecule has 0 aliphatic heterocycles. The first kappa shape index (κ1) is 25.7. The van der Waals surface area contributed by atoms with Gasteiger partial charge in [0.2, 0.25) is 11.8 Å². The molecule has 0 radical (unpaired) electrons. The van der Waals surface area contributed by atoms with Crippen molar-refractivity contribution in [1.82, 2.24) is 10.2 Å². The van der Waals surface area contributed by atoms with Crippen molar-refractivity contribution in [2.45, 2.75) is 32.4 Å². The van der Waals surface area contributed by atoms with E-state index in [0.717, 1.165) is 16.7 Å². The van der Waals surface area contributed by atoms with Crippen LogP contribution in [0.4, 0.5) is 4.39 Å². The number of hydrogen-bond acceptors (Lipinski definition) is 4. The second kappa shape index (κ2) is 12.6. The Morgan fingerprint density at radius 1 is 0.886 bits per heavy atom. The molecule has 0 aliphatic carbocycles. The monoisotopic (exact) mass is 478 g/mol. The third-order valence-corrected chi connectivity index (χ3v) is 5.69. The topological polar surface area (TPSA) is 67.9 Å². The quantitative estimate of drug-likeness (QED) is 0.449. The molecular weight excluding hydrogens is 447 g/mol. The molecule has 0 aliphatic rings. The van der Waals surface area contributed by atoms with Crippen LogP contribution in [0.25, 0.3) is 0 Å². The molecule has 0 saturated heterocycles. The molecule has 0 heterocycles. The van der Waals surface area contributed by atoms with Crippen molar-refractivity contribution in [3.05, 3.63) is 95.3 Å². The summed E-state index contributed by atoms with van der Waals surface area (Å²) in [4.78, 5) is 28.4. The van der Waals surface area contributed by atoms with E-state index < -0.39 is 6.04 Å². The third-order valence-electron chi connectivity index (χ3n) is 5.69. The summed E-state index contributed by atoms with van der Waals surface area (Å²) < 4.78 is 24.2. The Balaban J connectivity index is 1.95. The lowest BCUT2D eigenvalue weighted by atomic mass is 10.0. The van der Waals surface area contributed by atoms with Crippen LogP contribution in [0.1, 0.15) is 23.6 Å². The highest BCUT2D eigenvalue weighted by Gasteiger charge is 2.30. The highest BCUT2D eigenvalue weighted by molar-refractivity contribution is 5.88. The van der Waals surface area contributed by atoms with Crippen molar-refractivity contribution >= 4 is 11.8 Å². The lowest BCUT2D eigenvalue weighted by Crippen LogP contribution is -2.50. The molecular formula is C28H31FN2O4. The molecule has 1 unspecified atom stereocenters. The summed E-state index contributed by atoms with van der Waals surface area (Å²) in [6, 6.07) is 20.1. The lowest BCUT2D eigenvalue weighted by molar-refractivity contribution is -0.140. The van der Waals surface area contributed by atoms with E-state index in [-0.39, 0.29) is 30.6 Å². The highest BCUT2D eigenvalue weighted by atomic mass is 19.1. The van der Waals surface area contributed by atoms with Gasteiger partial charge in [0.15, 0.2) is 11.5 Å². The van der Waals surface area contributed by atoms with E-state index in [1.807, 2.05) is 37.3 Å². The minimum absolute atomic E-state index is 0.0617. The molecule has 0 bridgehead atoms. The number of rotatable bonds is 11. The maximum atomic E-state index is 13.7. The maximum Gasteiger partial charge on any atom is 0.243 e. The number of methoxy groups -OCH3 is 2. The van der Waals surface area contributed by atoms with Crippen LogP contribution < -0.4 is 14.8 Å². The molecule has 0 saturated carbocycles. The first-order valence-electron chi connectivity index (χ1n) is 11.5. The van der Waals surface area contributed by atoms with Gasteiger partial charge in [0.05, 0.1) is 20.6 Å². The smallest absolute Gasteiger partial charge is 0.243 e. The largest absolute Gasteiger partial charge is 0.493 e. The average Bonchev–Trinajstić information content (AvgIpc) is 2.87. The first-order valence-corrected chi connectivity index (χ1v) is 11.5. The zero-order valence-corrected chi connectivity index (χ0v) is 20.3. The van der Waals surface area contributed by atoms with Crippen molar-refractivity contribution in [2.75, 3.05) is 20.8 Å². The number of nitrogens with one attached hydrogen (secondary N) is 1. The molecule has 2 amide bonds. The summed E-state index contributed by atoms with van der Waals surface area (Å²) in [5.74, 6) is 0.262. The Bertz CT molecular complexity index is 1120. The Morgan fingerprint density at radius 3 is 2.17 bits per heavy atom. The Kier molecular flexibility index (Phi) is 9.23. The standard InChI is InChI=1S/C28H31FN2O4/c1-4-30-28(33)24(16-20-8-6-5-7-9-20)31(19-21-10-13-23(29)14-11-21)27(32)18-22-12-15-25(34-2)26(17-22)35-3/h5-15,17,24H,4,16,18-19H2,1-3H3,(H,30,33). The summed E-state index contributed by atoms with van der Waals surface area (Å²) in [5.41, 5.74) is 2.40. The number of nitrogens with zero attached hydrogens (tertiary/aromatic N) is 1. The van der Waals surface area contributed by atoms with Crippen molar-refractivity contribution in [3.8, 4) is 11.5 Å². The number of likely N-dealkylation sites (N-methyl/N-ethyl adjacent to an activating group) is 1. The molecule has 3 aromatic carbocycles. The molecule has 0 aromatic heterocycles. The molecule has 35 heavy (non-hydrogen) atoms. The average molecular weight is 479 g/mol. The van der Waals surface area contributed by atoms with Crippen molar-refractivity contribution in [1.29, 1.82) is 0 Å². The summed E-state index contributed by atoms with van der Waals surface area (Å²) in [7, 11) is 3.09. The van der Waals surface area contributed by atoms with Gasteiger partial charge in [-0.1, -0.05) is 48.5 Å². The molecule has 3 rings (SSSR count). The van der Waals surface area contributed by atoms with Crippen LogP contribution in [0.15, 0.2) is 72.8 Å². The van der Waals surface area contributed by atoms with E-state index in [0.29, 0.717) is 24.5 Å². The zero-order valence-electron chi connectivity index (χ0n) is 20.3. The van der Waals surface area contributed by atoms with Crippen LogP contribution in [0.5, 0.6) is 11.5 Å². The van der Waals surface area contributed by atoms with Crippen LogP contribution in [0.3, 0.4) is 0 Å². The normalized spacial score (nSPS) is 11.4. The fourth-order valence-electron chi connectivity index (χ4n) is 3.90. The van der Waals surface area contributed by atoms with Crippen LogP contribution in [0.2, 0.25) is 0 Å². The fraction of sp³-hybridized carbons (Fsp3) is 0.286. The first-order chi connectivity index (χ1) is 16.9. The van der Waals surface area contributed by atoms with E-state index in [2.05, 4.69) is 5.32 Å². The van der Waals surface area contributed by atoms with Gasteiger partial charge in [0.1, 0.15) is 11.9 Å². The van der Waals surface area contributed by atoms with Gasteiger partial charge in [-0.2, -0.15) is 0 Å². The predicted octanol–water partition coefficient (Wildman–Crippen LogP) is 4.16. The SMILES string of the molecule is CCNC(=O)C(Cc1ccccc1)N(Cc1ccc(F)cc1)C(=O)Cc1ccc(OC)c(OC)c1. The minimum Gasteiger partial charge on any atom is -0.493 e. The van der Waals surface area contributed by atoms with Gasteiger partial charge in [-0.05, 0) is 47.9 Å². The number of carbonyl (C=O) groups excluding carboxylic acids is 2. The second-order valence-electron chi connectivity index (χ2n) is 8.11. The van der Waals surface area contributed by atoms with Crippen LogP contribution in [0, 0.1) is 5.82 Å². The number of benzene rings is 3. The van der Waals surface area contributed by atoms with Gasteiger partial charge in [-0.25, -0.2) is 4.39 Å². The number of amides is 2. The molecule has 3 aromatic rings. The molecule has 6 nitrogen and oxygen atoms in total. The van der Waals surface area contributed by atoms with Gasteiger partial charge in [0.25, 0.3) is 0 Å². The van der Waals surface area contributed by atoms with Crippen LogP contribution >= 0.6 is 0 Å². The van der Waals surface area contributed by atoms with Gasteiger partial charge in [0, 0.05) is 19.5 Å². The molecule has 1 N–H and O–H groups in total. The maximum absolute atomic E-state index is 13.7. The van der Waals surface area contributed by atoms with Gasteiger partial charge < -0.3 is 19.7 Å². The predicted molar refractivity (Wildman–Crippen MR) is 133 cm³/mol. The van der Waals surface area contributed by atoms with E-state index in [4.69, 9.17) is 9.47 Å². The number of hydrogen-bond donors (Lipinski definition) is 1. The number of ether oxygens (including phenoxy) is 2. The van der Waals surface area contributed by atoms with Crippen LogP contribution in [-0.2, 0) is 29.0 Å². The third kappa shape index (κ3) is 7.06. The van der Waals surface area contributed by atoms with Crippen molar-refractivity contribution < 1.29 is 23.5 Å². The van der Waals surface area contributed by atoms with Gasteiger partial charge in [-0.15, -0.1) is 0 Å². The van der Waals surface area contributed by atoms with Gasteiger partial charge in [-0.3, -0.25) is 9.59 Å². The van der Waals surface area contributed by atoms with E-state index in [1.165, 1.54) is 19.2 Å². The van der Waals surface area contributed by atoms with Gasteiger partial charge >= 0.3 is 0 Å². The Labute approximate surface area is 205 Å². The van der Waals surface area contributed by atoms with E-state index >= 15 is 0 Å². The minimum atomic E-state index is -0.741. The highest BCUT2D eigenvalue weighted by Crippen LogP contribution is 2.28. The Hall–Kier alpha value is -3.87. The lowest BCUT2D eigenvalue weighted by Gasteiger charge is -2.31. The van der Waals surface area contributed by atoms with Crippen molar-refractivity contribution in [3.63, 3.8) is 0 Å². The fourth-order valence-corrected chi connectivity index (χ4v) is 3.90. The second-order valence-corrected chi connectivity index (χ2v) is 8.11. The van der Waals surface area contributed by atoms with E-state index in [9.17, 15) is 14.0 Å². The number of halogens is 1. The molecule has 7 heteroatoms. The van der Waals surface area contributed by atoms with E-state index in [1.54, 1.807) is 42.3 Å².